The van der Waals surface area contributed by atoms with E-state index in [1.807, 2.05) is 36.4 Å². The Balaban J connectivity index is 0.000000163. The molecule has 196 valence electrons. The fourth-order valence-electron chi connectivity index (χ4n) is 4.72. The number of fused-ring (bicyclic) bond motifs is 2. The number of aromatic carboxylic acids is 1. The van der Waals surface area contributed by atoms with Gasteiger partial charge in [0.05, 0.1) is 18.7 Å². The van der Waals surface area contributed by atoms with Crippen LogP contribution in [0.1, 0.15) is 27.0 Å². The van der Waals surface area contributed by atoms with Gasteiger partial charge < -0.3 is 24.4 Å². The minimum Gasteiger partial charge on any atom is -0.506 e. The van der Waals surface area contributed by atoms with E-state index < -0.39 is 22.8 Å². The van der Waals surface area contributed by atoms with Crippen LogP contribution in [0.3, 0.4) is 0 Å². The highest BCUT2D eigenvalue weighted by Gasteiger charge is 2.21. The first-order chi connectivity index (χ1) is 19.0. The van der Waals surface area contributed by atoms with Crippen LogP contribution in [-0.4, -0.2) is 27.5 Å². The van der Waals surface area contributed by atoms with E-state index in [2.05, 4.69) is 53.4 Å². The zero-order chi connectivity index (χ0) is 27.2. The van der Waals surface area contributed by atoms with Crippen LogP contribution in [0.5, 0.6) is 5.75 Å². The van der Waals surface area contributed by atoms with E-state index in [0.717, 1.165) is 18.7 Å². The summed E-state index contributed by atoms with van der Waals surface area (Å²) in [7, 11) is 0. The van der Waals surface area contributed by atoms with Crippen LogP contribution in [0.25, 0.3) is 10.9 Å². The van der Waals surface area contributed by atoms with Gasteiger partial charge in [-0.1, -0.05) is 91.0 Å². The predicted molar refractivity (Wildman–Crippen MR) is 151 cm³/mol. The largest absolute Gasteiger partial charge is 0.506 e. The van der Waals surface area contributed by atoms with E-state index in [1.165, 1.54) is 21.4 Å². The molecule has 0 saturated heterocycles. The Labute approximate surface area is 225 Å². The number of benzene rings is 4. The third kappa shape index (κ3) is 5.68. The molecule has 0 amide bonds. The van der Waals surface area contributed by atoms with Gasteiger partial charge in [0.15, 0.2) is 5.56 Å². The lowest BCUT2D eigenvalue weighted by Gasteiger charge is -2.31. The second kappa shape index (κ2) is 11.7. The molecule has 0 spiro atoms. The van der Waals surface area contributed by atoms with Gasteiger partial charge >= 0.3 is 5.97 Å². The molecule has 7 heteroatoms. The first-order valence-corrected chi connectivity index (χ1v) is 12.6. The lowest BCUT2D eigenvalue weighted by atomic mass is 10.1. The Morgan fingerprint density at radius 1 is 0.769 bits per heavy atom. The van der Waals surface area contributed by atoms with Gasteiger partial charge in [0.1, 0.15) is 12.5 Å². The van der Waals surface area contributed by atoms with E-state index in [-0.39, 0.29) is 6.54 Å². The zero-order valence-electron chi connectivity index (χ0n) is 21.2. The summed E-state index contributed by atoms with van der Waals surface area (Å²) in [5.41, 5.74) is 3.93. The van der Waals surface area contributed by atoms with Crippen molar-refractivity contribution in [1.82, 2.24) is 4.57 Å². The van der Waals surface area contributed by atoms with Crippen LogP contribution in [0.4, 0.5) is 5.69 Å². The normalized spacial score (nSPS) is 12.4. The summed E-state index contributed by atoms with van der Waals surface area (Å²) in [6, 6.07) is 34.9. The Bertz CT molecular complexity index is 1650. The maximum absolute atomic E-state index is 12.5. The molecule has 0 radical (unpaired) electrons. The molecular formula is C32H28N2O5. The van der Waals surface area contributed by atoms with E-state index >= 15 is 0 Å². The Kier molecular flexibility index (Phi) is 7.70. The second-order valence-corrected chi connectivity index (χ2v) is 9.21. The summed E-state index contributed by atoms with van der Waals surface area (Å²) in [5.74, 6) is -1.92. The van der Waals surface area contributed by atoms with Crippen LogP contribution in [-0.2, 0) is 24.4 Å². The van der Waals surface area contributed by atoms with Crippen LogP contribution in [0.15, 0.2) is 114 Å². The minimum atomic E-state index is -1.44. The summed E-state index contributed by atoms with van der Waals surface area (Å²) in [5, 5.41) is 19.7. The smallest absolute Gasteiger partial charge is 0.345 e. The molecule has 1 aromatic heterocycles. The molecule has 4 aromatic carbocycles. The molecular weight excluding hydrogens is 492 g/mol. The van der Waals surface area contributed by atoms with Crippen LogP contribution in [0.2, 0.25) is 0 Å². The number of aromatic nitrogens is 1. The van der Waals surface area contributed by atoms with Crippen LogP contribution >= 0.6 is 0 Å². The number of aromatic hydroxyl groups is 1. The topological polar surface area (TPSA) is 92.0 Å². The van der Waals surface area contributed by atoms with E-state index in [9.17, 15) is 19.8 Å². The van der Waals surface area contributed by atoms with Crippen molar-refractivity contribution >= 4 is 22.6 Å². The molecule has 0 saturated carbocycles. The molecule has 0 atom stereocenters. The Morgan fingerprint density at radius 3 is 2.05 bits per heavy atom. The minimum absolute atomic E-state index is 0.237. The maximum atomic E-state index is 12.5. The lowest BCUT2D eigenvalue weighted by molar-refractivity contribution is 0.0691. The van der Waals surface area contributed by atoms with Crippen molar-refractivity contribution in [2.45, 2.75) is 19.7 Å². The quantitative estimate of drug-likeness (QED) is 0.312. The van der Waals surface area contributed by atoms with Crippen molar-refractivity contribution in [1.29, 1.82) is 0 Å². The zero-order valence-corrected chi connectivity index (χ0v) is 21.2. The first kappa shape index (κ1) is 25.8. The fourth-order valence-corrected chi connectivity index (χ4v) is 4.72. The summed E-state index contributed by atoms with van der Waals surface area (Å²) < 4.78 is 6.98. The van der Waals surface area contributed by atoms with Crippen molar-refractivity contribution in [3.8, 4) is 5.75 Å². The van der Waals surface area contributed by atoms with Gasteiger partial charge in [0, 0.05) is 23.2 Å². The molecule has 6 rings (SSSR count). The van der Waals surface area contributed by atoms with Gasteiger partial charge in [0.25, 0.3) is 5.56 Å². The van der Waals surface area contributed by atoms with Crippen LogP contribution in [0, 0.1) is 0 Å². The molecule has 0 fully saturated rings. The summed E-state index contributed by atoms with van der Waals surface area (Å²) in [4.78, 5) is 26.1. The number of rotatable bonds is 5. The number of ether oxygens (including phenoxy) is 1. The SMILES string of the molecule is O=C(O)c1c(O)c2ccccc2n(Cc2ccccc2)c1=O.c1ccc(CN2COCc3ccccc32)cc1. The highest BCUT2D eigenvalue weighted by Crippen LogP contribution is 2.27. The highest BCUT2D eigenvalue weighted by atomic mass is 16.5. The van der Waals surface area contributed by atoms with Crippen LogP contribution < -0.4 is 10.5 Å². The van der Waals surface area contributed by atoms with Gasteiger partial charge in [-0.05, 0) is 29.3 Å². The summed E-state index contributed by atoms with van der Waals surface area (Å²) in [6.45, 7) is 2.53. The molecule has 0 unspecified atom stereocenters. The number of hydrogen-bond donors (Lipinski definition) is 2. The molecule has 2 heterocycles. The van der Waals surface area contributed by atoms with Crippen molar-refractivity contribution in [3.63, 3.8) is 0 Å². The van der Waals surface area contributed by atoms with Gasteiger partial charge in [-0.2, -0.15) is 0 Å². The first-order valence-electron chi connectivity index (χ1n) is 12.6. The van der Waals surface area contributed by atoms with Gasteiger partial charge in [0.2, 0.25) is 0 Å². The third-order valence-corrected chi connectivity index (χ3v) is 6.60. The predicted octanol–water partition coefficient (Wildman–Crippen LogP) is 5.63. The Hall–Kier alpha value is -4.88. The van der Waals surface area contributed by atoms with Crippen molar-refractivity contribution in [2.24, 2.45) is 0 Å². The molecule has 0 bridgehead atoms. The number of anilines is 1. The third-order valence-electron chi connectivity index (χ3n) is 6.60. The van der Waals surface area contributed by atoms with Crippen molar-refractivity contribution in [2.75, 3.05) is 11.6 Å². The highest BCUT2D eigenvalue weighted by molar-refractivity contribution is 5.98. The molecule has 7 nitrogen and oxygen atoms in total. The summed E-state index contributed by atoms with van der Waals surface area (Å²) >= 11 is 0. The van der Waals surface area contributed by atoms with E-state index in [1.54, 1.807) is 24.3 Å². The average Bonchev–Trinajstić information content (AvgIpc) is 2.97. The van der Waals surface area contributed by atoms with Gasteiger partial charge in [-0.3, -0.25) is 4.79 Å². The monoisotopic (exact) mass is 520 g/mol. The number of hydrogen-bond acceptors (Lipinski definition) is 5. The molecule has 5 aromatic rings. The number of pyridine rings is 1. The molecule has 1 aliphatic heterocycles. The number of carboxylic acid groups (broad SMARTS) is 1. The Morgan fingerprint density at radius 2 is 1.36 bits per heavy atom. The van der Waals surface area contributed by atoms with Gasteiger partial charge in [-0.25, -0.2) is 4.79 Å². The standard InChI is InChI=1S/C17H13NO4.C15H15NO/c19-15-12-8-4-5-9-13(12)18(16(20)14(15)17(21)22)10-11-6-2-1-3-7-11;1-2-6-13(7-3-1)10-16-12-17-11-14-8-4-5-9-15(14)16/h1-9,19H,10H2,(H,21,22);1-9H,10-12H2. The summed E-state index contributed by atoms with van der Waals surface area (Å²) in [6.07, 6.45) is 0. The number of carbonyl (C=O) groups is 1. The number of nitrogens with zero attached hydrogens (tertiary/aromatic N) is 2. The maximum Gasteiger partial charge on any atom is 0.345 e. The molecule has 2 N–H and O–H groups in total. The van der Waals surface area contributed by atoms with Crippen molar-refractivity contribution in [3.05, 3.63) is 142 Å². The van der Waals surface area contributed by atoms with Crippen molar-refractivity contribution < 1.29 is 19.7 Å². The number of para-hydroxylation sites is 2. The lowest BCUT2D eigenvalue weighted by Crippen LogP contribution is -2.30. The van der Waals surface area contributed by atoms with E-state index in [4.69, 9.17) is 4.74 Å². The molecule has 1 aliphatic rings. The average molecular weight is 521 g/mol. The second-order valence-electron chi connectivity index (χ2n) is 9.21. The van der Waals surface area contributed by atoms with Gasteiger partial charge in [-0.15, -0.1) is 0 Å². The number of carboxylic acids is 1. The van der Waals surface area contributed by atoms with E-state index in [0.29, 0.717) is 17.6 Å². The molecule has 39 heavy (non-hydrogen) atoms. The fraction of sp³-hybridized carbons (Fsp3) is 0.125. The molecule has 0 aliphatic carbocycles.